The molecule has 1 aromatic carbocycles. The van der Waals surface area contributed by atoms with Crippen molar-refractivity contribution in [1.82, 2.24) is 16.0 Å². The van der Waals surface area contributed by atoms with Crippen LogP contribution in [-0.2, 0) is 30.5 Å². The Balaban J connectivity index is 2.86. The van der Waals surface area contributed by atoms with Crippen LogP contribution in [0.3, 0.4) is 0 Å². The minimum atomic E-state index is -1.38. The molecule has 0 aliphatic rings. The molecule has 2 atom stereocenters. The molecule has 3 amide bonds. The molecule has 0 aromatic heterocycles. The second kappa shape index (κ2) is 12.3. The molecule has 1 aromatic rings. The standard InChI is InChI=1S/C19H23ClN4O6/c1-11(25)23-16(8-17(27)28)19(30)24-15(7-6-14(26)9-21)18(29)22-10-12-2-4-13(20)5-3-12/h2-5,9,15-16,21H,6-8,10H2,1H3,(H,22,29)(H,23,25)(H,24,30)(H,27,28)/t15-,16-/m0/s1. The van der Waals surface area contributed by atoms with Gasteiger partial charge in [-0.05, 0) is 24.1 Å². The molecule has 0 bridgehead atoms. The normalized spacial score (nSPS) is 12.2. The fraction of sp³-hybridized carbons (Fsp3) is 0.368. The number of nitrogens with one attached hydrogen (secondary N) is 4. The number of carbonyl (C=O) groups is 5. The minimum absolute atomic E-state index is 0.105. The lowest BCUT2D eigenvalue weighted by Gasteiger charge is -2.22. The maximum Gasteiger partial charge on any atom is 0.305 e. The van der Waals surface area contributed by atoms with Crippen LogP contribution in [0.2, 0.25) is 5.02 Å². The van der Waals surface area contributed by atoms with Gasteiger partial charge in [-0.2, -0.15) is 0 Å². The van der Waals surface area contributed by atoms with Crippen molar-refractivity contribution in [3.63, 3.8) is 0 Å². The number of hydrogen-bond donors (Lipinski definition) is 5. The van der Waals surface area contributed by atoms with Crippen molar-refractivity contribution in [3.8, 4) is 0 Å². The van der Waals surface area contributed by atoms with E-state index in [-0.39, 0.29) is 19.4 Å². The van der Waals surface area contributed by atoms with Gasteiger partial charge in [0.1, 0.15) is 12.1 Å². The Morgan fingerprint density at radius 3 is 2.23 bits per heavy atom. The van der Waals surface area contributed by atoms with Crippen molar-refractivity contribution >= 4 is 47.3 Å². The van der Waals surface area contributed by atoms with E-state index in [0.717, 1.165) is 12.5 Å². The van der Waals surface area contributed by atoms with Gasteiger partial charge in [-0.3, -0.25) is 24.0 Å². The van der Waals surface area contributed by atoms with E-state index in [1.54, 1.807) is 24.3 Å². The van der Waals surface area contributed by atoms with E-state index in [1.165, 1.54) is 0 Å². The lowest BCUT2D eigenvalue weighted by molar-refractivity contribution is -0.140. The Morgan fingerprint density at radius 2 is 1.70 bits per heavy atom. The number of hydrogen-bond acceptors (Lipinski definition) is 6. The summed E-state index contributed by atoms with van der Waals surface area (Å²) in [6, 6.07) is 4.15. The van der Waals surface area contributed by atoms with Crippen molar-refractivity contribution in [1.29, 1.82) is 5.41 Å². The summed E-state index contributed by atoms with van der Waals surface area (Å²) in [5, 5.41) is 23.6. The number of ketones is 1. The molecule has 0 unspecified atom stereocenters. The molecule has 0 aliphatic carbocycles. The molecule has 0 saturated heterocycles. The van der Waals surface area contributed by atoms with Crippen LogP contribution < -0.4 is 16.0 Å². The largest absolute Gasteiger partial charge is 0.481 e. The van der Waals surface area contributed by atoms with Crippen LogP contribution in [0.1, 0.15) is 31.7 Å². The number of halogens is 1. The topological polar surface area (TPSA) is 166 Å². The summed E-state index contributed by atoms with van der Waals surface area (Å²) in [6.07, 6.45) is -0.349. The predicted molar refractivity (Wildman–Crippen MR) is 108 cm³/mol. The molecule has 5 N–H and O–H groups in total. The van der Waals surface area contributed by atoms with E-state index in [2.05, 4.69) is 16.0 Å². The predicted octanol–water partition coefficient (Wildman–Crippen LogP) is 0.419. The van der Waals surface area contributed by atoms with Crippen molar-refractivity contribution in [2.75, 3.05) is 0 Å². The van der Waals surface area contributed by atoms with Crippen LogP contribution >= 0.6 is 11.6 Å². The molecule has 0 aliphatic heterocycles. The SMILES string of the molecule is CC(=O)N[C@@H](CC(=O)O)C(=O)N[C@@H](CCC(=O)C=N)C(=O)NCc1ccc(Cl)cc1. The molecular formula is C19H23ClN4O6. The van der Waals surface area contributed by atoms with Gasteiger partial charge in [0.25, 0.3) is 0 Å². The molecule has 0 spiro atoms. The van der Waals surface area contributed by atoms with Crippen LogP contribution in [0, 0.1) is 5.41 Å². The third kappa shape index (κ3) is 9.28. The maximum atomic E-state index is 12.6. The van der Waals surface area contributed by atoms with E-state index in [0.29, 0.717) is 11.2 Å². The van der Waals surface area contributed by atoms with Gasteiger partial charge in [0.05, 0.1) is 12.6 Å². The van der Waals surface area contributed by atoms with Crippen LogP contribution in [0.25, 0.3) is 0 Å². The number of carboxylic acid groups (broad SMARTS) is 1. The first-order valence-electron chi connectivity index (χ1n) is 8.97. The second-order valence-corrected chi connectivity index (χ2v) is 6.84. The second-order valence-electron chi connectivity index (χ2n) is 6.41. The number of carbonyl (C=O) groups excluding carboxylic acids is 4. The van der Waals surface area contributed by atoms with E-state index in [9.17, 15) is 24.0 Å². The van der Waals surface area contributed by atoms with Crippen LogP contribution in [0.5, 0.6) is 0 Å². The number of benzene rings is 1. The summed E-state index contributed by atoms with van der Waals surface area (Å²) in [6.45, 7) is 1.26. The molecule has 0 saturated carbocycles. The molecule has 1 rings (SSSR count). The number of aliphatic carboxylic acids is 1. The zero-order valence-corrected chi connectivity index (χ0v) is 17.0. The van der Waals surface area contributed by atoms with Crippen LogP contribution in [0.15, 0.2) is 24.3 Å². The number of rotatable bonds is 12. The first-order chi connectivity index (χ1) is 14.1. The molecule has 10 nitrogen and oxygen atoms in total. The number of carboxylic acids is 1. The highest BCUT2D eigenvalue weighted by atomic mass is 35.5. The zero-order valence-electron chi connectivity index (χ0n) is 16.2. The van der Waals surface area contributed by atoms with Crippen molar-refractivity contribution < 1.29 is 29.1 Å². The summed E-state index contributed by atoms with van der Waals surface area (Å²) in [4.78, 5) is 58.6. The summed E-state index contributed by atoms with van der Waals surface area (Å²) in [5.74, 6) is -3.94. The lowest BCUT2D eigenvalue weighted by atomic mass is 10.1. The zero-order chi connectivity index (χ0) is 22.7. The Labute approximate surface area is 177 Å². The summed E-state index contributed by atoms with van der Waals surface area (Å²) in [5.41, 5.74) is 0.746. The third-order valence-corrected chi connectivity index (χ3v) is 4.18. The average Bonchev–Trinajstić information content (AvgIpc) is 2.68. The highest BCUT2D eigenvalue weighted by Crippen LogP contribution is 2.09. The van der Waals surface area contributed by atoms with Gasteiger partial charge in [-0.25, -0.2) is 0 Å². The summed E-state index contributed by atoms with van der Waals surface area (Å²) >= 11 is 5.81. The highest BCUT2D eigenvalue weighted by Gasteiger charge is 2.28. The van der Waals surface area contributed by atoms with Gasteiger partial charge in [0.15, 0.2) is 5.78 Å². The van der Waals surface area contributed by atoms with E-state index in [4.69, 9.17) is 22.1 Å². The Bertz CT molecular complexity index is 796. The van der Waals surface area contributed by atoms with Gasteiger partial charge < -0.3 is 26.5 Å². The highest BCUT2D eigenvalue weighted by molar-refractivity contribution is 6.30. The molecule has 0 radical (unpaired) electrons. The molecule has 11 heteroatoms. The quantitative estimate of drug-likeness (QED) is 0.296. The van der Waals surface area contributed by atoms with Crippen molar-refractivity contribution in [3.05, 3.63) is 34.9 Å². The van der Waals surface area contributed by atoms with Gasteiger partial charge in [-0.1, -0.05) is 23.7 Å². The van der Waals surface area contributed by atoms with Crippen LogP contribution in [-0.4, -0.2) is 52.9 Å². The minimum Gasteiger partial charge on any atom is -0.481 e. The number of amides is 3. The fourth-order valence-electron chi connectivity index (χ4n) is 2.44. The monoisotopic (exact) mass is 438 g/mol. The Kier molecular flexibility index (Phi) is 10.2. The molecular weight excluding hydrogens is 416 g/mol. The summed E-state index contributed by atoms with van der Waals surface area (Å²) < 4.78 is 0. The molecule has 162 valence electrons. The van der Waals surface area contributed by atoms with Gasteiger partial charge >= 0.3 is 5.97 Å². The third-order valence-electron chi connectivity index (χ3n) is 3.93. The fourth-order valence-corrected chi connectivity index (χ4v) is 2.57. The Hall–Kier alpha value is -3.27. The van der Waals surface area contributed by atoms with Gasteiger partial charge in [0.2, 0.25) is 17.7 Å². The molecule has 0 fully saturated rings. The lowest BCUT2D eigenvalue weighted by Crippen LogP contribution is -2.54. The van der Waals surface area contributed by atoms with Gasteiger partial charge in [0, 0.05) is 24.9 Å². The smallest absolute Gasteiger partial charge is 0.305 e. The molecule has 0 heterocycles. The molecule has 30 heavy (non-hydrogen) atoms. The van der Waals surface area contributed by atoms with E-state index < -0.39 is 48.0 Å². The first kappa shape index (κ1) is 24.8. The van der Waals surface area contributed by atoms with E-state index >= 15 is 0 Å². The maximum absolute atomic E-state index is 12.6. The average molecular weight is 439 g/mol. The number of Topliss-reactive ketones (excluding diaryl/α,β-unsaturated/α-hetero) is 1. The van der Waals surface area contributed by atoms with Crippen LogP contribution in [0.4, 0.5) is 0 Å². The van der Waals surface area contributed by atoms with Crippen molar-refractivity contribution in [2.45, 2.75) is 44.8 Å². The van der Waals surface area contributed by atoms with Gasteiger partial charge in [-0.15, -0.1) is 0 Å². The Morgan fingerprint density at radius 1 is 1.07 bits per heavy atom. The first-order valence-corrected chi connectivity index (χ1v) is 9.35. The van der Waals surface area contributed by atoms with E-state index in [1.807, 2.05) is 0 Å². The van der Waals surface area contributed by atoms with Crippen molar-refractivity contribution in [2.24, 2.45) is 0 Å². The summed E-state index contributed by atoms with van der Waals surface area (Å²) in [7, 11) is 0.